The third-order valence-electron chi connectivity index (χ3n) is 3.49. The maximum atomic E-state index is 5.93. The van der Waals surface area contributed by atoms with E-state index < -0.39 is 7.12 Å². The van der Waals surface area contributed by atoms with Gasteiger partial charge in [-0.1, -0.05) is 17.5 Å². The van der Waals surface area contributed by atoms with Crippen molar-refractivity contribution in [2.24, 2.45) is 0 Å². The number of nitrogens with zero attached hydrogens (tertiary/aromatic N) is 1. The van der Waals surface area contributed by atoms with Crippen molar-refractivity contribution < 1.29 is 9.31 Å². The first-order chi connectivity index (χ1) is 8.25. The van der Waals surface area contributed by atoms with Crippen molar-refractivity contribution >= 4 is 24.2 Å². The maximum Gasteiger partial charge on any atom is 0.495 e. The fourth-order valence-electron chi connectivity index (χ4n) is 1.71. The number of hydrogen-bond donors (Lipinski definition) is 0. The first-order valence-corrected chi connectivity index (χ1v) is 6.13. The quantitative estimate of drug-likeness (QED) is 0.441. The van der Waals surface area contributed by atoms with E-state index in [-0.39, 0.29) is 11.2 Å². The first kappa shape index (κ1) is 13.4. The van der Waals surface area contributed by atoms with Crippen molar-refractivity contribution in [1.29, 1.82) is 0 Å². The van der Waals surface area contributed by atoms with Gasteiger partial charge in [0.15, 0.2) is 0 Å². The molecule has 5 heteroatoms. The minimum atomic E-state index is -0.470. The molecule has 1 aliphatic heterocycles. The van der Waals surface area contributed by atoms with Crippen LogP contribution in [-0.4, -0.2) is 23.3 Å². The predicted octanol–water partition coefficient (Wildman–Crippen LogP) is 2.02. The molecule has 1 saturated heterocycles. The Morgan fingerprint density at radius 3 is 2.28 bits per heavy atom. The molecule has 1 aliphatic rings. The largest absolute Gasteiger partial charge is 0.495 e. The van der Waals surface area contributed by atoms with E-state index in [4.69, 9.17) is 27.3 Å². The molecule has 18 heavy (non-hydrogen) atoms. The highest BCUT2D eigenvalue weighted by Crippen LogP contribution is 2.36. The Morgan fingerprint density at radius 1 is 1.22 bits per heavy atom. The highest BCUT2D eigenvalue weighted by atomic mass is 35.5. The number of terminal acetylenes is 1. The van der Waals surface area contributed by atoms with Crippen LogP contribution >= 0.6 is 11.6 Å². The van der Waals surface area contributed by atoms with Crippen LogP contribution in [-0.2, 0) is 9.31 Å². The summed E-state index contributed by atoms with van der Waals surface area (Å²) >= 11 is 5.93. The number of hydrogen-bond acceptors (Lipinski definition) is 3. The fraction of sp³-hybridized carbons (Fsp3) is 0.462. The lowest BCUT2D eigenvalue weighted by atomic mass is 9.79. The molecule has 0 spiro atoms. The Morgan fingerprint density at radius 2 is 1.78 bits per heavy atom. The zero-order valence-corrected chi connectivity index (χ0v) is 11.7. The number of aromatic nitrogens is 1. The van der Waals surface area contributed by atoms with Crippen LogP contribution in [0.3, 0.4) is 0 Å². The fourth-order valence-corrected chi connectivity index (χ4v) is 1.92. The van der Waals surface area contributed by atoms with Gasteiger partial charge in [0.05, 0.1) is 11.2 Å². The van der Waals surface area contributed by atoms with Crippen LogP contribution in [0.2, 0.25) is 5.15 Å². The summed E-state index contributed by atoms with van der Waals surface area (Å²) in [7, 11) is -0.470. The van der Waals surface area contributed by atoms with E-state index in [1.165, 1.54) is 0 Å². The van der Waals surface area contributed by atoms with E-state index in [0.717, 1.165) is 5.46 Å². The average Bonchev–Trinajstić information content (AvgIpc) is 2.47. The van der Waals surface area contributed by atoms with Crippen LogP contribution in [0.15, 0.2) is 12.1 Å². The van der Waals surface area contributed by atoms with Crippen molar-refractivity contribution in [2.75, 3.05) is 0 Å². The SMILES string of the molecule is C#Cc1cc(B2OC(C)(C)C(C)(C)O2)cc(Cl)n1. The molecule has 94 valence electrons. The Balaban J connectivity index is 2.36. The number of rotatable bonds is 1. The zero-order valence-electron chi connectivity index (χ0n) is 11.0. The summed E-state index contributed by atoms with van der Waals surface area (Å²) in [4.78, 5) is 4.01. The Bertz CT molecular complexity index is 506. The standard InChI is InChI=1S/C13H15BClNO2/c1-6-10-7-9(8-11(15)16-10)14-17-12(2,3)13(4,5)18-14/h1,7-8H,2-5H3. The van der Waals surface area contributed by atoms with E-state index >= 15 is 0 Å². The van der Waals surface area contributed by atoms with Gasteiger partial charge in [0.25, 0.3) is 0 Å². The second-order valence-corrected chi connectivity index (χ2v) is 5.73. The van der Waals surface area contributed by atoms with Crippen LogP contribution < -0.4 is 5.46 Å². The van der Waals surface area contributed by atoms with Crippen molar-refractivity contribution in [2.45, 2.75) is 38.9 Å². The van der Waals surface area contributed by atoms with E-state index in [1.54, 1.807) is 12.1 Å². The topological polar surface area (TPSA) is 31.4 Å². The lowest BCUT2D eigenvalue weighted by Crippen LogP contribution is -2.41. The molecule has 0 amide bonds. The normalized spacial score (nSPS) is 20.8. The van der Waals surface area contributed by atoms with Crippen LogP contribution in [0.25, 0.3) is 0 Å². The third-order valence-corrected chi connectivity index (χ3v) is 3.68. The van der Waals surface area contributed by atoms with Gasteiger partial charge >= 0.3 is 7.12 Å². The van der Waals surface area contributed by atoms with Gasteiger partial charge in [-0.25, -0.2) is 4.98 Å². The highest BCUT2D eigenvalue weighted by Gasteiger charge is 2.51. The molecule has 1 fully saturated rings. The third kappa shape index (κ3) is 2.26. The van der Waals surface area contributed by atoms with Crippen LogP contribution in [0.1, 0.15) is 33.4 Å². The maximum absolute atomic E-state index is 5.93. The van der Waals surface area contributed by atoms with Gasteiger partial charge in [0.2, 0.25) is 0 Å². The molecule has 3 nitrogen and oxygen atoms in total. The zero-order chi connectivity index (χ0) is 13.6. The summed E-state index contributed by atoms with van der Waals surface area (Å²) in [6.45, 7) is 7.99. The van der Waals surface area contributed by atoms with Crippen molar-refractivity contribution in [3.63, 3.8) is 0 Å². The van der Waals surface area contributed by atoms with Gasteiger partial charge in [-0.2, -0.15) is 0 Å². The van der Waals surface area contributed by atoms with Gasteiger partial charge in [0, 0.05) is 0 Å². The Hall–Kier alpha value is -1.02. The molecule has 0 atom stereocenters. The average molecular weight is 264 g/mol. The summed E-state index contributed by atoms with van der Waals surface area (Å²) in [5.41, 5.74) is 0.502. The Labute approximate surface area is 113 Å². The smallest absolute Gasteiger partial charge is 0.399 e. The molecule has 0 bridgehead atoms. The number of pyridine rings is 1. The van der Waals surface area contributed by atoms with E-state index in [1.807, 2.05) is 27.7 Å². The molecule has 0 aliphatic carbocycles. The minimum absolute atomic E-state index is 0.343. The van der Waals surface area contributed by atoms with E-state index in [0.29, 0.717) is 10.8 Å². The summed E-state index contributed by atoms with van der Waals surface area (Å²) in [6.07, 6.45) is 5.34. The summed E-state index contributed by atoms with van der Waals surface area (Å²) in [5, 5.41) is 0.343. The second-order valence-electron chi connectivity index (χ2n) is 5.34. The lowest BCUT2D eigenvalue weighted by molar-refractivity contribution is 0.00578. The van der Waals surface area contributed by atoms with Gasteiger partial charge in [0.1, 0.15) is 10.8 Å². The van der Waals surface area contributed by atoms with Crippen molar-refractivity contribution in [3.05, 3.63) is 23.0 Å². The van der Waals surface area contributed by atoms with Crippen LogP contribution in [0, 0.1) is 12.3 Å². The summed E-state index contributed by atoms with van der Waals surface area (Å²) < 4.78 is 11.9. The molecule has 1 aromatic rings. The molecule has 0 radical (unpaired) electrons. The minimum Gasteiger partial charge on any atom is -0.399 e. The summed E-state index contributed by atoms with van der Waals surface area (Å²) in [5.74, 6) is 2.47. The molecule has 0 aromatic carbocycles. The molecule has 0 unspecified atom stereocenters. The van der Waals surface area contributed by atoms with Crippen molar-refractivity contribution in [1.82, 2.24) is 4.98 Å². The van der Waals surface area contributed by atoms with Crippen LogP contribution in [0.5, 0.6) is 0 Å². The molecule has 0 N–H and O–H groups in total. The predicted molar refractivity (Wildman–Crippen MR) is 72.9 cm³/mol. The van der Waals surface area contributed by atoms with Gasteiger partial charge in [-0.15, -0.1) is 6.42 Å². The molecule has 2 rings (SSSR count). The van der Waals surface area contributed by atoms with Gasteiger partial charge in [-0.05, 0) is 45.3 Å². The second kappa shape index (κ2) is 4.27. The molecule has 0 saturated carbocycles. The molecular weight excluding hydrogens is 248 g/mol. The lowest BCUT2D eigenvalue weighted by Gasteiger charge is -2.32. The Kier molecular flexibility index (Phi) is 3.18. The number of halogens is 1. The van der Waals surface area contributed by atoms with E-state index in [2.05, 4.69) is 10.9 Å². The first-order valence-electron chi connectivity index (χ1n) is 5.75. The summed E-state index contributed by atoms with van der Waals surface area (Å²) in [6, 6.07) is 3.47. The van der Waals surface area contributed by atoms with E-state index in [9.17, 15) is 0 Å². The van der Waals surface area contributed by atoms with Gasteiger partial charge in [-0.3, -0.25) is 0 Å². The van der Waals surface area contributed by atoms with Crippen LogP contribution in [0.4, 0.5) is 0 Å². The van der Waals surface area contributed by atoms with Gasteiger partial charge < -0.3 is 9.31 Å². The monoisotopic (exact) mass is 263 g/mol. The highest BCUT2D eigenvalue weighted by molar-refractivity contribution is 6.62. The van der Waals surface area contributed by atoms with Crippen molar-refractivity contribution in [3.8, 4) is 12.3 Å². The molecular formula is C13H15BClNO2. The molecule has 2 heterocycles. The molecule has 1 aromatic heterocycles.